The molecular formula is C22H25Cl2FN4O4. The fraction of sp³-hybridized carbons (Fsp3) is 0.545. The molecule has 5 atom stereocenters. The van der Waals surface area contributed by atoms with E-state index in [-0.39, 0.29) is 42.8 Å². The third-order valence-corrected chi connectivity index (χ3v) is 7.43. The highest BCUT2D eigenvalue weighted by Crippen LogP contribution is 2.57. The number of fused-ring (bicyclic) bond motifs is 1. The number of carbonyl (C=O) groups is 3. The number of aromatic nitrogens is 2. The number of para-hydroxylation sites is 1. The molecule has 2 fully saturated rings. The zero-order valence-electron chi connectivity index (χ0n) is 18.2. The van der Waals surface area contributed by atoms with Crippen LogP contribution >= 0.6 is 23.2 Å². The molecule has 0 spiro atoms. The SMILES string of the molecule is CO[C@H]1[C@@H](C(=O)C[C@H](C)[C@H]2CC2(Cl)Cl)N(C(=O)Cn2nc(C(N)=O)c3ccccc32)C[C@@H]1F. The van der Waals surface area contributed by atoms with Crippen LogP contribution in [0.5, 0.6) is 0 Å². The first-order valence-electron chi connectivity index (χ1n) is 10.7. The summed E-state index contributed by atoms with van der Waals surface area (Å²) >= 11 is 12.3. The Bertz CT molecular complexity index is 1110. The third-order valence-electron chi connectivity index (χ3n) is 6.56. The number of alkyl halides is 3. The van der Waals surface area contributed by atoms with Crippen molar-refractivity contribution in [3.05, 3.63) is 30.0 Å². The van der Waals surface area contributed by atoms with E-state index in [1.165, 1.54) is 16.7 Å². The predicted octanol–water partition coefficient (Wildman–Crippen LogP) is 2.49. The largest absolute Gasteiger partial charge is 0.376 e. The lowest BCUT2D eigenvalue weighted by molar-refractivity contribution is -0.141. The molecule has 0 radical (unpaired) electrons. The Hall–Kier alpha value is -2.23. The summed E-state index contributed by atoms with van der Waals surface area (Å²) in [5.74, 6) is -1.68. The van der Waals surface area contributed by atoms with Crippen LogP contribution in [0.15, 0.2) is 24.3 Å². The van der Waals surface area contributed by atoms with Crippen LogP contribution in [0.4, 0.5) is 4.39 Å². The van der Waals surface area contributed by atoms with Gasteiger partial charge in [0.1, 0.15) is 29.2 Å². The van der Waals surface area contributed by atoms with Gasteiger partial charge in [-0.25, -0.2) is 4.39 Å². The van der Waals surface area contributed by atoms with Crippen molar-refractivity contribution in [2.75, 3.05) is 13.7 Å². The number of benzene rings is 1. The van der Waals surface area contributed by atoms with Gasteiger partial charge in [-0.3, -0.25) is 19.1 Å². The van der Waals surface area contributed by atoms with Crippen LogP contribution in [-0.4, -0.2) is 68.6 Å². The van der Waals surface area contributed by atoms with Crippen molar-refractivity contribution in [1.29, 1.82) is 0 Å². The summed E-state index contributed by atoms with van der Waals surface area (Å²) in [6.07, 6.45) is -1.89. The molecule has 1 saturated heterocycles. The van der Waals surface area contributed by atoms with Gasteiger partial charge in [0.25, 0.3) is 5.91 Å². The number of hydrogen-bond donors (Lipinski definition) is 1. The van der Waals surface area contributed by atoms with Crippen molar-refractivity contribution in [2.45, 2.75) is 49.0 Å². The number of amides is 2. The fourth-order valence-electron chi connectivity index (χ4n) is 4.75. The average molecular weight is 499 g/mol. The van der Waals surface area contributed by atoms with E-state index >= 15 is 0 Å². The Morgan fingerprint density at radius 3 is 2.61 bits per heavy atom. The Morgan fingerprint density at radius 1 is 1.33 bits per heavy atom. The molecule has 1 aromatic heterocycles. The number of ketones is 1. The average Bonchev–Trinajstić information content (AvgIpc) is 3.09. The first kappa shape index (κ1) is 23.9. The molecule has 2 aromatic rings. The molecule has 8 nitrogen and oxygen atoms in total. The van der Waals surface area contributed by atoms with E-state index in [0.717, 1.165) is 0 Å². The van der Waals surface area contributed by atoms with Gasteiger partial charge in [-0.1, -0.05) is 25.1 Å². The maximum atomic E-state index is 14.7. The second-order valence-electron chi connectivity index (χ2n) is 8.81. The Kier molecular flexibility index (Phi) is 6.41. The molecule has 1 saturated carbocycles. The molecule has 2 N–H and O–H groups in total. The van der Waals surface area contributed by atoms with Gasteiger partial charge in [-0.05, 0) is 24.3 Å². The number of carbonyl (C=O) groups excluding carboxylic acids is 3. The van der Waals surface area contributed by atoms with Gasteiger partial charge >= 0.3 is 0 Å². The number of likely N-dealkylation sites (tertiary alicyclic amines) is 1. The van der Waals surface area contributed by atoms with E-state index in [2.05, 4.69) is 5.10 Å². The smallest absolute Gasteiger partial charge is 0.269 e. The molecule has 178 valence electrons. The number of ether oxygens (including phenoxy) is 1. The van der Waals surface area contributed by atoms with Crippen LogP contribution in [0, 0.1) is 11.8 Å². The van der Waals surface area contributed by atoms with E-state index in [0.29, 0.717) is 17.3 Å². The van der Waals surface area contributed by atoms with Crippen LogP contribution < -0.4 is 5.73 Å². The standard InChI is InChI=1S/C22H25Cl2FN4O4/c1-11(13-8-22(13,23)24)7-16(30)19-20(33-2)14(25)9-28(19)17(31)10-29-15-6-4-3-5-12(15)18(27-29)21(26)32/h3-6,11,13-14,19-20H,7-10H2,1-2H3,(H2,26,32)/t11-,13+,14-,19+,20+/m0/s1. The lowest BCUT2D eigenvalue weighted by Crippen LogP contribution is -2.47. The zero-order valence-corrected chi connectivity index (χ0v) is 19.7. The topological polar surface area (TPSA) is 108 Å². The maximum absolute atomic E-state index is 14.7. The third kappa shape index (κ3) is 4.46. The minimum absolute atomic E-state index is 0.0276. The molecule has 1 aliphatic carbocycles. The fourth-order valence-corrected chi connectivity index (χ4v) is 5.51. The second-order valence-corrected chi connectivity index (χ2v) is 10.4. The number of halogens is 3. The summed E-state index contributed by atoms with van der Waals surface area (Å²) in [7, 11) is 1.32. The van der Waals surface area contributed by atoms with Gasteiger partial charge in [0.05, 0.1) is 12.1 Å². The number of rotatable bonds is 8. The van der Waals surface area contributed by atoms with Crippen molar-refractivity contribution in [2.24, 2.45) is 17.6 Å². The van der Waals surface area contributed by atoms with Crippen LogP contribution in [0.1, 0.15) is 30.3 Å². The lowest BCUT2D eigenvalue weighted by atomic mass is 9.94. The number of methoxy groups -OCH3 is 1. The molecule has 1 aromatic carbocycles. The summed E-state index contributed by atoms with van der Waals surface area (Å²) in [5.41, 5.74) is 5.99. The van der Waals surface area contributed by atoms with Gasteiger partial charge in [0, 0.05) is 18.9 Å². The summed E-state index contributed by atoms with van der Waals surface area (Å²) in [6, 6.07) is 5.77. The Labute approximate surface area is 200 Å². The first-order valence-corrected chi connectivity index (χ1v) is 11.4. The molecule has 11 heteroatoms. The van der Waals surface area contributed by atoms with Crippen molar-refractivity contribution in [3.63, 3.8) is 0 Å². The lowest BCUT2D eigenvalue weighted by Gasteiger charge is -2.27. The molecule has 33 heavy (non-hydrogen) atoms. The predicted molar refractivity (Wildman–Crippen MR) is 121 cm³/mol. The number of nitrogens with zero attached hydrogens (tertiary/aromatic N) is 3. The minimum atomic E-state index is -1.51. The van der Waals surface area contributed by atoms with Crippen LogP contribution in [0.3, 0.4) is 0 Å². The van der Waals surface area contributed by atoms with Crippen LogP contribution in [0.25, 0.3) is 10.9 Å². The Balaban J connectivity index is 1.56. The highest BCUT2D eigenvalue weighted by Gasteiger charge is 2.55. The van der Waals surface area contributed by atoms with Gasteiger partial charge in [-0.2, -0.15) is 5.10 Å². The highest BCUT2D eigenvalue weighted by molar-refractivity contribution is 6.50. The molecule has 2 heterocycles. The number of Topliss-reactive ketones (excluding diaryl/α,β-unsaturated/α-hetero) is 1. The summed E-state index contributed by atoms with van der Waals surface area (Å²) < 4.78 is 20.5. The van der Waals surface area contributed by atoms with Gasteiger partial charge in [-0.15, -0.1) is 23.2 Å². The van der Waals surface area contributed by atoms with Crippen LogP contribution in [0.2, 0.25) is 0 Å². The van der Waals surface area contributed by atoms with Crippen molar-refractivity contribution < 1.29 is 23.5 Å². The number of nitrogens with two attached hydrogens (primary N) is 1. The van der Waals surface area contributed by atoms with Gasteiger partial charge in [0.15, 0.2) is 11.5 Å². The van der Waals surface area contributed by atoms with E-state index in [1.807, 2.05) is 6.92 Å². The summed E-state index contributed by atoms with van der Waals surface area (Å²) in [4.78, 5) is 39.4. The molecule has 1 aliphatic heterocycles. The normalized spacial score (nSPS) is 27.0. The number of hydrogen-bond acceptors (Lipinski definition) is 5. The second kappa shape index (κ2) is 8.85. The van der Waals surface area contributed by atoms with Crippen molar-refractivity contribution in [1.82, 2.24) is 14.7 Å². The quantitative estimate of drug-likeness (QED) is 0.562. The summed E-state index contributed by atoms with van der Waals surface area (Å²) in [6.45, 7) is 1.31. The monoisotopic (exact) mass is 498 g/mol. The maximum Gasteiger partial charge on any atom is 0.269 e. The van der Waals surface area contributed by atoms with Crippen LogP contribution in [-0.2, 0) is 20.9 Å². The molecule has 0 bridgehead atoms. The number of primary amides is 1. The first-order chi connectivity index (χ1) is 15.5. The van der Waals surface area contributed by atoms with E-state index in [1.54, 1.807) is 24.3 Å². The molecule has 0 unspecified atom stereocenters. The summed E-state index contributed by atoms with van der Waals surface area (Å²) in [5, 5.41) is 4.69. The van der Waals surface area contributed by atoms with E-state index in [9.17, 15) is 18.8 Å². The van der Waals surface area contributed by atoms with Crippen molar-refractivity contribution >= 4 is 51.7 Å². The van der Waals surface area contributed by atoms with Gasteiger partial charge in [0.2, 0.25) is 5.91 Å². The van der Waals surface area contributed by atoms with Crippen molar-refractivity contribution in [3.8, 4) is 0 Å². The highest BCUT2D eigenvalue weighted by atomic mass is 35.5. The van der Waals surface area contributed by atoms with E-state index in [4.69, 9.17) is 33.7 Å². The van der Waals surface area contributed by atoms with Gasteiger partial charge < -0.3 is 15.4 Å². The van der Waals surface area contributed by atoms with E-state index < -0.39 is 34.5 Å². The Morgan fingerprint density at radius 2 is 2.00 bits per heavy atom. The minimum Gasteiger partial charge on any atom is -0.376 e. The molecule has 2 aliphatic rings. The molecular weight excluding hydrogens is 474 g/mol. The molecule has 2 amide bonds. The molecule has 4 rings (SSSR count). The zero-order chi connectivity index (χ0) is 24.1.